The summed E-state index contributed by atoms with van der Waals surface area (Å²) in [6, 6.07) is 15.0. The molecular formula is C27H33N3O2. The van der Waals surface area contributed by atoms with E-state index in [-0.39, 0.29) is 23.4 Å². The van der Waals surface area contributed by atoms with E-state index in [0.29, 0.717) is 29.2 Å². The molecule has 4 rings (SSSR count). The first-order valence-corrected chi connectivity index (χ1v) is 11.8. The van der Waals surface area contributed by atoms with Crippen LogP contribution in [-0.2, 0) is 4.79 Å². The number of aromatic nitrogens is 2. The maximum atomic E-state index is 13.6. The van der Waals surface area contributed by atoms with Crippen LogP contribution in [0.4, 0.5) is 0 Å². The Morgan fingerprint density at radius 2 is 1.72 bits per heavy atom. The second kappa shape index (κ2) is 9.27. The number of hydrogen-bond acceptors (Lipinski definition) is 3. The number of fused-ring (bicyclic) bond motifs is 1. The molecule has 1 aromatic heterocycles. The zero-order chi connectivity index (χ0) is 22.8. The molecule has 0 bridgehead atoms. The van der Waals surface area contributed by atoms with Crippen LogP contribution in [0.5, 0.6) is 0 Å². The fourth-order valence-electron chi connectivity index (χ4n) is 4.75. The van der Waals surface area contributed by atoms with Crippen LogP contribution in [-0.4, -0.2) is 26.9 Å². The molecule has 1 fully saturated rings. The Bertz CT molecular complexity index is 1160. The van der Waals surface area contributed by atoms with Gasteiger partial charge in [-0.2, -0.15) is 0 Å². The van der Waals surface area contributed by atoms with Gasteiger partial charge in [-0.05, 0) is 56.9 Å². The summed E-state index contributed by atoms with van der Waals surface area (Å²) in [5.74, 6) is 1.21. The number of benzene rings is 2. The summed E-state index contributed by atoms with van der Waals surface area (Å²) >= 11 is 0. The van der Waals surface area contributed by atoms with E-state index in [1.54, 1.807) is 4.57 Å². The molecule has 1 amide bonds. The van der Waals surface area contributed by atoms with Gasteiger partial charge in [0.15, 0.2) is 0 Å². The highest BCUT2D eigenvalue weighted by atomic mass is 16.2. The molecule has 32 heavy (non-hydrogen) atoms. The van der Waals surface area contributed by atoms with Gasteiger partial charge in [-0.3, -0.25) is 14.2 Å². The summed E-state index contributed by atoms with van der Waals surface area (Å²) in [6.45, 7) is 8.94. The van der Waals surface area contributed by atoms with Gasteiger partial charge in [0.2, 0.25) is 5.91 Å². The van der Waals surface area contributed by atoms with Crippen molar-refractivity contribution in [1.82, 2.24) is 14.5 Å². The number of aryl methyl sites for hydroxylation is 1. The van der Waals surface area contributed by atoms with Crippen LogP contribution < -0.4 is 5.56 Å². The zero-order valence-corrected chi connectivity index (χ0v) is 19.5. The van der Waals surface area contributed by atoms with E-state index in [9.17, 15) is 9.59 Å². The van der Waals surface area contributed by atoms with Crippen molar-refractivity contribution in [2.75, 3.05) is 6.54 Å². The number of rotatable bonds is 6. The third-order valence-corrected chi connectivity index (χ3v) is 6.48. The van der Waals surface area contributed by atoms with Crippen LogP contribution in [0.3, 0.4) is 0 Å². The smallest absolute Gasteiger partial charge is 0.266 e. The van der Waals surface area contributed by atoms with Gasteiger partial charge in [-0.25, -0.2) is 4.98 Å². The molecule has 1 heterocycles. The molecule has 0 spiro atoms. The van der Waals surface area contributed by atoms with E-state index in [0.717, 1.165) is 36.9 Å². The van der Waals surface area contributed by atoms with Crippen LogP contribution in [0.25, 0.3) is 16.6 Å². The molecule has 1 saturated carbocycles. The summed E-state index contributed by atoms with van der Waals surface area (Å²) < 4.78 is 1.70. The Balaban J connectivity index is 1.88. The van der Waals surface area contributed by atoms with E-state index in [4.69, 9.17) is 4.98 Å². The Labute approximate surface area is 190 Å². The van der Waals surface area contributed by atoms with Gasteiger partial charge < -0.3 is 4.90 Å². The van der Waals surface area contributed by atoms with Gasteiger partial charge in [0, 0.05) is 12.5 Å². The molecule has 3 aromatic rings. The fraction of sp³-hybridized carbons (Fsp3) is 0.444. The first kappa shape index (κ1) is 22.3. The summed E-state index contributed by atoms with van der Waals surface area (Å²) in [4.78, 5) is 34.1. The molecule has 168 valence electrons. The summed E-state index contributed by atoms with van der Waals surface area (Å²) in [5, 5.41) is 0.585. The summed E-state index contributed by atoms with van der Waals surface area (Å²) in [5.41, 5.74) is 2.47. The molecular weight excluding hydrogens is 398 g/mol. The van der Waals surface area contributed by atoms with Gasteiger partial charge >= 0.3 is 0 Å². The number of carbonyl (C=O) groups is 1. The monoisotopic (exact) mass is 431 g/mol. The Hall–Kier alpha value is -2.95. The minimum absolute atomic E-state index is 0.0798. The highest BCUT2D eigenvalue weighted by molar-refractivity contribution is 5.80. The highest BCUT2D eigenvalue weighted by Crippen LogP contribution is 2.31. The van der Waals surface area contributed by atoms with Crippen molar-refractivity contribution < 1.29 is 4.79 Å². The summed E-state index contributed by atoms with van der Waals surface area (Å²) in [7, 11) is 0. The number of amides is 1. The molecule has 5 heteroatoms. The van der Waals surface area contributed by atoms with Crippen LogP contribution in [0, 0.1) is 18.8 Å². The minimum atomic E-state index is -0.316. The van der Waals surface area contributed by atoms with E-state index < -0.39 is 0 Å². The predicted octanol–water partition coefficient (Wildman–Crippen LogP) is 5.43. The first-order valence-electron chi connectivity index (χ1n) is 11.8. The van der Waals surface area contributed by atoms with Crippen molar-refractivity contribution in [3.63, 3.8) is 0 Å². The molecule has 0 saturated heterocycles. The Morgan fingerprint density at radius 1 is 1.06 bits per heavy atom. The van der Waals surface area contributed by atoms with Crippen molar-refractivity contribution in [3.8, 4) is 5.69 Å². The Morgan fingerprint density at radius 3 is 2.38 bits per heavy atom. The topological polar surface area (TPSA) is 55.2 Å². The second-order valence-corrected chi connectivity index (χ2v) is 9.51. The van der Waals surface area contributed by atoms with E-state index in [2.05, 4.69) is 13.8 Å². The zero-order valence-electron chi connectivity index (χ0n) is 19.5. The second-order valence-electron chi connectivity index (χ2n) is 9.51. The standard InChI is InChI=1S/C27H33N3O2/c1-18(2)17-29(26(31)21-9-5-6-10-21)20(4)25-28-24-12-8-7-11-23(24)27(32)30(25)22-15-13-19(3)14-16-22/h7-8,11-16,18,20-21H,5-6,9-10,17H2,1-4H3. The Kier molecular flexibility index (Phi) is 6.45. The average molecular weight is 432 g/mol. The third kappa shape index (κ3) is 4.34. The van der Waals surface area contributed by atoms with E-state index in [1.807, 2.05) is 67.3 Å². The van der Waals surface area contributed by atoms with Gasteiger partial charge in [-0.15, -0.1) is 0 Å². The van der Waals surface area contributed by atoms with E-state index in [1.165, 1.54) is 0 Å². The van der Waals surface area contributed by atoms with Gasteiger partial charge in [0.05, 0.1) is 22.6 Å². The van der Waals surface area contributed by atoms with Crippen LogP contribution >= 0.6 is 0 Å². The van der Waals surface area contributed by atoms with Gasteiger partial charge in [-0.1, -0.05) is 56.5 Å². The molecule has 5 nitrogen and oxygen atoms in total. The molecule has 0 aliphatic heterocycles. The average Bonchev–Trinajstić information content (AvgIpc) is 3.32. The number of nitrogens with zero attached hydrogens (tertiary/aromatic N) is 3. The van der Waals surface area contributed by atoms with Crippen LogP contribution in [0.15, 0.2) is 53.3 Å². The largest absolute Gasteiger partial charge is 0.332 e. The van der Waals surface area contributed by atoms with Crippen molar-refractivity contribution in [1.29, 1.82) is 0 Å². The molecule has 1 atom stereocenters. The highest BCUT2D eigenvalue weighted by Gasteiger charge is 2.33. The quantitative estimate of drug-likeness (QED) is 0.523. The molecule has 1 unspecified atom stereocenters. The van der Waals surface area contributed by atoms with Crippen molar-refractivity contribution >= 4 is 16.8 Å². The molecule has 1 aliphatic carbocycles. The van der Waals surface area contributed by atoms with Crippen molar-refractivity contribution in [3.05, 3.63) is 70.3 Å². The normalized spacial score (nSPS) is 15.4. The molecule has 0 radical (unpaired) electrons. The lowest BCUT2D eigenvalue weighted by Crippen LogP contribution is -2.42. The predicted molar refractivity (Wildman–Crippen MR) is 129 cm³/mol. The molecule has 2 aromatic carbocycles. The lowest BCUT2D eigenvalue weighted by Gasteiger charge is -2.33. The first-order chi connectivity index (χ1) is 15.4. The maximum absolute atomic E-state index is 13.6. The van der Waals surface area contributed by atoms with Gasteiger partial charge in [0.1, 0.15) is 5.82 Å². The van der Waals surface area contributed by atoms with Crippen LogP contribution in [0.1, 0.15) is 63.9 Å². The number of carbonyl (C=O) groups excluding carboxylic acids is 1. The lowest BCUT2D eigenvalue weighted by molar-refractivity contribution is -0.138. The number of hydrogen-bond donors (Lipinski definition) is 0. The lowest BCUT2D eigenvalue weighted by atomic mass is 10.0. The summed E-state index contributed by atoms with van der Waals surface area (Å²) in [6.07, 6.45) is 4.14. The van der Waals surface area contributed by atoms with Gasteiger partial charge in [0.25, 0.3) is 5.56 Å². The van der Waals surface area contributed by atoms with E-state index >= 15 is 0 Å². The minimum Gasteiger partial charge on any atom is -0.332 e. The number of para-hydroxylation sites is 1. The van der Waals surface area contributed by atoms with Crippen molar-refractivity contribution in [2.24, 2.45) is 11.8 Å². The fourth-order valence-corrected chi connectivity index (χ4v) is 4.75. The molecule has 1 aliphatic rings. The third-order valence-electron chi connectivity index (χ3n) is 6.48. The molecule has 0 N–H and O–H groups in total. The SMILES string of the molecule is Cc1ccc(-n2c(C(C)N(CC(C)C)C(=O)C3CCCC3)nc3ccccc3c2=O)cc1. The van der Waals surface area contributed by atoms with Crippen molar-refractivity contribution in [2.45, 2.75) is 59.4 Å². The maximum Gasteiger partial charge on any atom is 0.266 e. The van der Waals surface area contributed by atoms with Crippen LogP contribution in [0.2, 0.25) is 0 Å².